The number of halogens is 1. The monoisotopic (exact) mass is 367 g/mol. The fourth-order valence-electron chi connectivity index (χ4n) is 4.18. The lowest BCUT2D eigenvalue weighted by molar-refractivity contribution is -0.124. The Morgan fingerprint density at radius 1 is 1.23 bits per heavy atom. The minimum absolute atomic E-state index is 0. The molecule has 1 aromatic carbocycles. The molecule has 0 aromatic heterocycles. The van der Waals surface area contributed by atoms with E-state index >= 15 is 0 Å². The van der Waals surface area contributed by atoms with E-state index < -0.39 is 5.41 Å². The van der Waals surface area contributed by atoms with Crippen molar-refractivity contribution in [2.75, 3.05) is 20.1 Å². The molecule has 2 fully saturated rings. The lowest BCUT2D eigenvalue weighted by Gasteiger charge is -2.38. The van der Waals surface area contributed by atoms with E-state index in [4.69, 9.17) is 4.74 Å². The summed E-state index contributed by atoms with van der Waals surface area (Å²) in [6.07, 6.45) is 2.82. The molecule has 0 N–H and O–H groups in total. The minimum Gasteiger partial charge on any atom is -0.371 e. The zero-order valence-corrected chi connectivity index (χ0v) is 15.4. The molecule has 0 amide bonds. The fraction of sp³-hybridized carbons (Fsp3) is 0.611. The Labute approximate surface area is 143 Å². The van der Waals surface area contributed by atoms with Crippen molar-refractivity contribution in [1.29, 1.82) is 0 Å². The number of ether oxygens (including phenoxy) is 1. The number of carbonyl (C=O) groups is 1. The van der Waals surface area contributed by atoms with Crippen LogP contribution in [0.25, 0.3) is 0 Å². The standard InChI is InChI=1S/C18H25NO2.BrH/c1-14(20)18(16-7-5-4-6-8-16)13-17(21-15(18)2)9-11-19(3)12-10-17;/h4-8,15H,9-13H2,1-3H3;1H/t15-,18-;/m0./s1. The van der Waals surface area contributed by atoms with Crippen molar-refractivity contribution in [2.45, 2.75) is 50.2 Å². The van der Waals surface area contributed by atoms with Gasteiger partial charge in [0.25, 0.3) is 0 Å². The summed E-state index contributed by atoms with van der Waals surface area (Å²) in [6, 6.07) is 10.2. The molecule has 1 aromatic rings. The molecule has 0 bridgehead atoms. The molecule has 3 nitrogen and oxygen atoms in total. The van der Waals surface area contributed by atoms with Crippen LogP contribution in [0.5, 0.6) is 0 Å². The predicted octanol–water partition coefficient (Wildman–Crippen LogP) is 3.36. The van der Waals surface area contributed by atoms with Gasteiger partial charge in [-0.25, -0.2) is 0 Å². The first-order chi connectivity index (χ1) is 9.98. The molecule has 3 rings (SSSR count). The second kappa shape index (κ2) is 6.42. The minimum atomic E-state index is -0.475. The maximum Gasteiger partial charge on any atom is 0.143 e. The number of piperidine rings is 1. The third kappa shape index (κ3) is 2.77. The molecule has 22 heavy (non-hydrogen) atoms. The first-order valence-electron chi connectivity index (χ1n) is 7.91. The smallest absolute Gasteiger partial charge is 0.143 e. The van der Waals surface area contributed by atoms with E-state index in [0.29, 0.717) is 0 Å². The molecular weight excluding hydrogens is 342 g/mol. The van der Waals surface area contributed by atoms with Gasteiger partial charge in [-0.15, -0.1) is 17.0 Å². The summed E-state index contributed by atoms with van der Waals surface area (Å²) in [5.41, 5.74) is 0.519. The number of nitrogens with zero attached hydrogens (tertiary/aromatic N) is 1. The molecule has 1 spiro atoms. The van der Waals surface area contributed by atoms with E-state index in [2.05, 4.69) is 31.0 Å². The van der Waals surface area contributed by atoms with Gasteiger partial charge in [-0.3, -0.25) is 4.79 Å². The molecule has 2 atom stereocenters. The van der Waals surface area contributed by atoms with Crippen LogP contribution in [-0.2, 0) is 14.9 Å². The van der Waals surface area contributed by atoms with E-state index in [0.717, 1.165) is 37.9 Å². The van der Waals surface area contributed by atoms with Gasteiger partial charge in [-0.1, -0.05) is 30.3 Å². The van der Waals surface area contributed by atoms with Gasteiger partial charge in [0.1, 0.15) is 5.78 Å². The predicted molar refractivity (Wildman–Crippen MR) is 93.7 cm³/mol. The average molecular weight is 368 g/mol. The SMILES string of the molecule is Br.CC(=O)[C@@]1(c2ccccc2)CC2(CCN(C)CC2)O[C@H]1C. The molecule has 0 radical (unpaired) electrons. The Bertz CT molecular complexity index is 525. The summed E-state index contributed by atoms with van der Waals surface area (Å²) in [7, 11) is 2.15. The lowest BCUT2D eigenvalue weighted by atomic mass is 9.68. The van der Waals surface area contributed by atoms with Crippen LogP contribution in [-0.4, -0.2) is 42.5 Å². The number of likely N-dealkylation sites (tertiary alicyclic amines) is 1. The lowest BCUT2D eigenvalue weighted by Crippen LogP contribution is -2.44. The van der Waals surface area contributed by atoms with E-state index in [-0.39, 0.29) is 34.5 Å². The van der Waals surface area contributed by atoms with Crippen LogP contribution in [0.2, 0.25) is 0 Å². The largest absolute Gasteiger partial charge is 0.371 e. The highest BCUT2D eigenvalue weighted by atomic mass is 79.9. The topological polar surface area (TPSA) is 29.5 Å². The summed E-state index contributed by atoms with van der Waals surface area (Å²) >= 11 is 0. The third-order valence-electron chi connectivity index (χ3n) is 5.54. The van der Waals surface area contributed by atoms with Gasteiger partial charge in [0.15, 0.2) is 0 Å². The van der Waals surface area contributed by atoms with Gasteiger partial charge >= 0.3 is 0 Å². The summed E-state index contributed by atoms with van der Waals surface area (Å²) in [4.78, 5) is 14.9. The van der Waals surface area contributed by atoms with Crippen LogP contribution in [0.3, 0.4) is 0 Å². The van der Waals surface area contributed by atoms with Crippen LogP contribution in [0, 0.1) is 0 Å². The number of ketones is 1. The Morgan fingerprint density at radius 2 is 1.82 bits per heavy atom. The van der Waals surface area contributed by atoms with Crippen molar-refractivity contribution in [1.82, 2.24) is 4.90 Å². The first kappa shape index (κ1) is 17.6. The zero-order valence-electron chi connectivity index (χ0n) is 13.7. The highest BCUT2D eigenvalue weighted by molar-refractivity contribution is 8.93. The molecule has 2 aliphatic rings. The number of hydrogen-bond donors (Lipinski definition) is 0. The Hall–Kier alpha value is -0.710. The molecule has 2 aliphatic heterocycles. The molecular formula is C18H26BrNO2. The summed E-state index contributed by atoms with van der Waals surface area (Å²) in [6.45, 7) is 5.90. The normalized spacial score (nSPS) is 31.0. The van der Waals surface area contributed by atoms with E-state index in [1.165, 1.54) is 0 Å². The van der Waals surface area contributed by atoms with E-state index in [9.17, 15) is 4.79 Å². The number of rotatable bonds is 2. The Balaban J connectivity index is 0.00000176. The van der Waals surface area contributed by atoms with Crippen LogP contribution in [0.15, 0.2) is 30.3 Å². The van der Waals surface area contributed by atoms with Crippen molar-refractivity contribution >= 4 is 22.8 Å². The quantitative estimate of drug-likeness (QED) is 0.802. The highest BCUT2D eigenvalue weighted by Gasteiger charge is 2.57. The van der Waals surface area contributed by atoms with Gasteiger partial charge in [0, 0.05) is 13.1 Å². The Morgan fingerprint density at radius 3 is 2.36 bits per heavy atom. The molecule has 0 aliphatic carbocycles. The fourth-order valence-corrected chi connectivity index (χ4v) is 4.18. The number of benzene rings is 1. The van der Waals surface area contributed by atoms with Gasteiger partial charge < -0.3 is 9.64 Å². The molecule has 2 saturated heterocycles. The summed E-state index contributed by atoms with van der Waals surface area (Å²) in [5.74, 6) is 0.233. The van der Waals surface area contributed by atoms with Crippen molar-refractivity contribution in [3.63, 3.8) is 0 Å². The number of Topliss-reactive ketones (excluding diaryl/α,β-unsaturated/α-hetero) is 1. The maximum atomic E-state index is 12.6. The third-order valence-corrected chi connectivity index (χ3v) is 5.54. The molecule has 4 heteroatoms. The van der Waals surface area contributed by atoms with Gasteiger partial charge in [0.05, 0.1) is 17.1 Å². The van der Waals surface area contributed by atoms with Crippen molar-refractivity contribution in [3.8, 4) is 0 Å². The van der Waals surface area contributed by atoms with Crippen LogP contribution in [0.1, 0.15) is 38.7 Å². The molecule has 2 heterocycles. The van der Waals surface area contributed by atoms with Crippen molar-refractivity contribution in [2.24, 2.45) is 0 Å². The zero-order chi connectivity index (χ0) is 15.1. The highest BCUT2D eigenvalue weighted by Crippen LogP contribution is 2.50. The Kier molecular flexibility index (Phi) is 5.15. The van der Waals surface area contributed by atoms with Gasteiger partial charge in [-0.05, 0) is 45.7 Å². The van der Waals surface area contributed by atoms with E-state index in [1.54, 1.807) is 6.92 Å². The van der Waals surface area contributed by atoms with Crippen LogP contribution in [0.4, 0.5) is 0 Å². The number of hydrogen-bond acceptors (Lipinski definition) is 3. The average Bonchev–Trinajstić information content (AvgIpc) is 2.77. The van der Waals surface area contributed by atoms with Gasteiger partial charge in [-0.2, -0.15) is 0 Å². The van der Waals surface area contributed by atoms with Gasteiger partial charge in [0.2, 0.25) is 0 Å². The maximum absolute atomic E-state index is 12.6. The van der Waals surface area contributed by atoms with Crippen molar-refractivity contribution < 1.29 is 9.53 Å². The first-order valence-corrected chi connectivity index (χ1v) is 7.91. The summed E-state index contributed by atoms with van der Waals surface area (Å²) in [5, 5.41) is 0. The second-order valence-electron chi connectivity index (χ2n) is 6.82. The van der Waals surface area contributed by atoms with Crippen molar-refractivity contribution in [3.05, 3.63) is 35.9 Å². The van der Waals surface area contributed by atoms with Crippen LogP contribution >= 0.6 is 17.0 Å². The molecule has 122 valence electrons. The summed E-state index contributed by atoms with van der Waals surface area (Å²) < 4.78 is 6.42. The van der Waals surface area contributed by atoms with Crippen LogP contribution < -0.4 is 0 Å². The molecule has 0 unspecified atom stereocenters. The van der Waals surface area contributed by atoms with E-state index in [1.807, 2.05) is 18.2 Å². The second-order valence-corrected chi connectivity index (χ2v) is 6.82. The molecule has 0 saturated carbocycles. The number of carbonyl (C=O) groups excluding carboxylic acids is 1.